The fourth-order valence-corrected chi connectivity index (χ4v) is 1.51. The lowest BCUT2D eigenvalue weighted by Gasteiger charge is -1.94. The molecule has 2 rings (SSSR count). The largest absolute Gasteiger partial charge is 0.435 e. The molecule has 0 aliphatic heterocycles. The predicted molar refractivity (Wildman–Crippen MR) is 62.0 cm³/mol. The molecular formula is C12H8ClNO2. The Bertz CT molecular complexity index is 517. The van der Waals surface area contributed by atoms with Crippen molar-refractivity contribution < 1.29 is 9.21 Å². The maximum atomic E-state index is 10.2. The van der Waals surface area contributed by atoms with Crippen molar-refractivity contribution >= 4 is 24.0 Å². The van der Waals surface area contributed by atoms with Crippen LogP contribution in [0.4, 0.5) is 0 Å². The van der Waals surface area contributed by atoms with E-state index in [1.807, 2.05) is 30.3 Å². The van der Waals surface area contributed by atoms with Gasteiger partial charge in [-0.3, -0.25) is 4.79 Å². The highest BCUT2D eigenvalue weighted by Crippen LogP contribution is 2.28. The number of benzene rings is 1. The molecule has 0 unspecified atom stereocenters. The average Bonchev–Trinajstić information content (AvgIpc) is 2.69. The van der Waals surface area contributed by atoms with Crippen molar-refractivity contribution in [2.45, 2.75) is 0 Å². The maximum Gasteiger partial charge on any atom is 0.221 e. The highest BCUT2D eigenvalue weighted by atomic mass is 35.5. The molecule has 0 N–H and O–H groups in total. The van der Waals surface area contributed by atoms with Crippen LogP contribution in [0.1, 0.15) is 5.89 Å². The van der Waals surface area contributed by atoms with E-state index in [0.29, 0.717) is 17.9 Å². The van der Waals surface area contributed by atoms with Crippen molar-refractivity contribution in [3.05, 3.63) is 47.5 Å². The first kappa shape index (κ1) is 10.6. The number of nitrogens with zero attached hydrogens (tertiary/aromatic N) is 1. The Morgan fingerprint density at radius 2 is 2.00 bits per heavy atom. The van der Waals surface area contributed by atoms with Crippen LogP contribution < -0.4 is 0 Å². The summed E-state index contributed by atoms with van der Waals surface area (Å²) in [6, 6.07) is 9.42. The Hall–Kier alpha value is -1.87. The maximum absolute atomic E-state index is 10.2. The summed E-state index contributed by atoms with van der Waals surface area (Å²) in [4.78, 5) is 14.1. The minimum Gasteiger partial charge on any atom is -0.435 e. The van der Waals surface area contributed by atoms with Crippen LogP contribution in [-0.4, -0.2) is 11.3 Å². The molecule has 1 aromatic carbocycles. The van der Waals surface area contributed by atoms with Crippen molar-refractivity contribution in [2.24, 2.45) is 0 Å². The van der Waals surface area contributed by atoms with Crippen molar-refractivity contribution in [3.8, 4) is 11.3 Å². The third kappa shape index (κ3) is 2.20. The predicted octanol–water partition coefficient (Wildman–Crippen LogP) is 3.21. The van der Waals surface area contributed by atoms with E-state index in [0.717, 1.165) is 5.56 Å². The Kier molecular flexibility index (Phi) is 3.17. The van der Waals surface area contributed by atoms with E-state index in [4.69, 9.17) is 16.0 Å². The molecule has 0 bridgehead atoms. The standard InChI is InChI=1S/C12H8ClNO2/c13-12-11(9-5-2-1-3-6-9)16-10(14-12)7-4-8-15/h1-8H/b7-4+. The molecule has 80 valence electrons. The van der Waals surface area contributed by atoms with Gasteiger partial charge in [-0.25, -0.2) is 0 Å². The number of carbonyl (C=O) groups is 1. The molecule has 3 nitrogen and oxygen atoms in total. The minimum absolute atomic E-state index is 0.289. The van der Waals surface area contributed by atoms with Crippen molar-refractivity contribution in [1.82, 2.24) is 4.98 Å². The van der Waals surface area contributed by atoms with E-state index in [9.17, 15) is 4.79 Å². The number of hydrogen-bond donors (Lipinski definition) is 0. The summed E-state index contributed by atoms with van der Waals surface area (Å²) in [5, 5.41) is 0.289. The summed E-state index contributed by atoms with van der Waals surface area (Å²) in [5.74, 6) is 0.823. The third-order valence-corrected chi connectivity index (χ3v) is 2.21. The lowest BCUT2D eigenvalue weighted by molar-refractivity contribution is -0.104. The van der Waals surface area contributed by atoms with Gasteiger partial charge < -0.3 is 4.42 Å². The van der Waals surface area contributed by atoms with Gasteiger partial charge in [-0.05, 0) is 6.08 Å². The fourth-order valence-electron chi connectivity index (χ4n) is 1.28. The van der Waals surface area contributed by atoms with E-state index in [1.165, 1.54) is 12.2 Å². The van der Waals surface area contributed by atoms with Gasteiger partial charge >= 0.3 is 0 Å². The molecule has 16 heavy (non-hydrogen) atoms. The molecule has 0 fully saturated rings. The number of rotatable bonds is 3. The first-order valence-corrected chi connectivity index (χ1v) is 5.02. The average molecular weight is 234 g/mol. The Morgan fingerprint density at radius 1 is 1.25 bits per heavy atom. The molecule has 0 amide bonds. The van der Waals surface area contributed by atoms with Gasteiger partial charge in [0.05, 0.1) is 0 Å². The number of halogens is 1. The van der Waals surface area contributed by atoms with Gasteiger partial charge in [0.2, 0.25) is 5.89 Å². The van der Waals surface area contributed by atoms with Gasteiger partial charge in [0, 0.05) is 11.6 Å². The molecule has 0 atom stereocenters. The molecule has 1 aromatic heterocycles. The van der Waals surface area contributed by atoms with E-state index in [1.54, 1.807) is 0 Å². The van der Waals surface area contributed by atoms with Gasteiger partial charge in [-0.15, -0.1) is 0 Å². The molecule has 1 heterocycles. The van der Waals surface area contributed by atoms with Crippen LogP contribution in [0.5, 0.6) is 0 Å². The molecule has 0 aliphatic rings. The highest BCUT2D eigenvalue weighted by molar-refractivity contribution is 6.31. The third-order valence-electron chi connectivity index (χ3n) is 1.96. The molecule has 0 spiro atoms. The van der Waals surface area contributed by atoms with E-state index in [2.05, 4.69) is 4.98 Å². The van der Waals surface area contributed by atoms with E-state index < -0.39 is 0 Å². The summed E-state index contributed by atoms with van der Waals surface area (Å²) < 4.78 is 5.41. The first-order valence-electron chi connectivity index (χ1n) is 4.65. The number of allylic oxidation sites excluding steroid dienone is 1. The number of aromatic nitrogens is 1. The summed E-state index contributed by atoms with van der Waals surface area (Å²) >= 11 is 5.93. The van der Waals surface area contributed by atoms with Gasteiger partial charge in [0.25, 0.3) is 0 Å². The number of aldehydes is 1. The van der Waals surface area contributed by atoms with Crippen LogP contribution in [-0.2, 0) is 4.79 Å². The zero-order chi connectivity index (χ0) is 11.4. The molecule has 0 aliphatic carbocycles. The van der Waals surface area contributed by atoms with Crippen LogP contribution in [0, 0.1) is 0 Å². The van der Waals surface area contributed by atoms with Crippen LogP contribution >= 0.6 is 11.6 Å². The minimum atomic E-state index is 0.289. The van der Waals surface area contributed by atoms with Gasteiger partial charge in [-0.1, -0.05) is 41.9 Å². The second-order valence-corrected chi connectivity index (χ2v) is 3.39. The number of carbonyl (C=O) groups excluding carboxylic acids is 1. The molecular weight excluding hydrogens is 226 g/mol. The van der Waals surface area contributed by atoms with E-state index in [-0.39, 0.29) is 5.15 Å². The van der Waals surface area contributed by atoms with Crippen LogP contribution in [0.15, 0.2) is 40.8 Å². The Balaban J connectivity index is 2.39. The Morgan fingerprint density at radius 3 is 2.69 bits per heavy atom. The van der Waals surface area contributed by atoms with Crippen molar-refractivity contribution in [2.75, 3.05) is 0 Å². The first-order chi connectivity index (χ1) is 7.81. The SMILES string of the molecule is O=C/C=C/c1nc(Cl)c(-c2ccccc2)o1. The summed E-state index contributed by atoms with van der Waals surface area (Å²) in [5.41, 5.74) is 0.853. The van der Waals surface area contributed by atoms with Crippen molar-refractivity contribution in [3.63, 3.8) is 0 Å². The summed E-state index contributed by atoms with van der Waals surface area (Å²) in [6.45, 7) is 0. The van der Waals surface area contributed by atoms with Gasteiger partial charge in [0.15, 0.2) is 10.9 Å². The normalized spacial score (nSPS) is 10.8. The van der Waals surface area contributed by atoms with Gasteiger partial charge in [-0.2, -0.15) is 4.98 Å². The lowest BCUT2D eigenvalue weighted by atomic mass is 10.2. The number of hydrogen-bond acceptors (Lipinski definition) is 3. The second-order valence-electron chi connectivity index (χ2n) is 3.03. The zero-order valence-corrected chi connectivity index (χ0v) is 9.02. The summed E-state index contributed by atoms with van der Waals surface area (Å²) in [6.07, 6.45) is 3.42. The number of oxazole rings is 1. The topological polar surface area (TPSA) is 43.1 Å². The molecule has 0 saturated heterocycles. The monoisotopic (exact) mass is 233 g/mol. The smallest absolute Gasteiger partial charge is 0.221 e. The van der Waals surface area contributed by atoms with Gasteiger partial charge in [0.1, 0.15) is 6.29 Å². The van der Waals surface area contributed by atoms with E-state index >= 15 is 0 Å². The molecule has 2 aromatic rings. The quantitative estimate of drug-likeness (QED) is 0.604. The fraction of sp³-hybridized carbons (Fsp3) is 0. The summed E-state index contributed by atoms with van der Waals surface area (Å²) in [7, 11) is 0. The Labute approximate surface area is 97.4 Å². The van der Waals surface area contributed by atoms with Crippen LogP contribution in [0.2, 0.25) is 5.15 Å². The lowest BCUT2D eigenvalue weighted by Crippen LogP contribution is -1.72. The highest BCUT2D eigenvalue weighted by Gasteiger charge is 2.10. The molecule has 4 heteroatoms. The molecule has 0 radical (unpaired) electrons. The second kappa shape index (κ2) is 4.77. The van der Waals surface area contributed by atoms with Crippen LogP contribution in [0.3, 0.4) is 0 Å². The molecule has 0 saturated carbocycles. The zero-order valence-electron chi connectivity index (χ0n) is 8.26. The van der Waals surface area contributed by atoms with Crippen LogP contribution in [0.25, 0.3) is 17.4 Å². The van der Waals surface area contributed by atoms with Crippen molar-refractivity contribution in [1.29, 1.82) is 0 Å².